The second-order valence-corrected chi connectivity index (χ2v) is 6.57. The maximum absolute atomic E-state index is 12.2. The average molecular weight is 302 g/mol. The van der Waals surface area contributed by atoms with Gasteiger partial charge in [-0.25, -0.2) is 0 Å². The molecule has 0 radical (unpaired) electrons. The van der Waals surface area contributed by atoms with Gasteiger partial charge in [-0.1, -0.05) is 32.6 Å². The normalized spacial score (nSPS) is 16.1. The number of hydrogen-bond acceptors (Lipinski definition) is 2. The molecule has 3 heteroatoms. The molecule has 0 aromatic heterocycles. The van der Waals surface area contributed by atoms with Crippen molar-refractivity contribution in [1.29, 1.82) is 0 Å². The molecule has 122 valence electrons. The molecule has 0 bridgehead atoms. The molecule has 0 aliphatic heterocycles. The van der Waals surface area contributed by atoms with Crippen LogP contribution in [0.25, 0.3) is 0 Å². The van der Waals surface area contributed by atoms with Crippen LogP contribution in [0, 0.1) is 12.8 Å². The van der Waals surface area contributed by atoms with Gasteiger partial charge in [0.05, 0.1) is 0 Å². The second-order valence-electron chi connectivity index (χ2n) is 6.57. The predicted octanol–water partition coefficient (Wildman–Crippen LogP) is 5.12. The second kappa shape index (κ2) is 8.82. The minimum atomic E-state index is 0.167. The number of carbonyl (C=O) groups excluding carboxylic acids is 1. The van der Waals surface area contributed by atoms with Crippen molar-refractivity contribution in [3.05, 3.63) is 23.8 Å². The molecule has 2 rings (SSSR count). The van der Waals surface area contributed by atoms with Gasteiger partial charge in [-0.15, -0.1) is 0 Å². The Hall–Kier alpha value is -1.51. The average Bonchev–Trinajstić information content (AvgIpc) is 2.75. The van der Waals surface area contributed by atoms with Crippen molar-refractivity contribution < 1.29 is 4.79 Å². The molecule has 0 saturated heterocycles. The molecule has 1 aliphatic rings. The molecule has 22 heavy (non-hydrogen) atoms. The van der Waals surface area contributed by atoms with Crippen LogP contribution in [0.4, 0.5) is 11.4 Å². The van der Waals surface area contributed by atoms with Crippen LogP contribution in [0.2, 0.25) is 0 Å². The maximum Gasteiger partial charge on any atom is 0.224 e. The highest BCUT2D eigenvalue weighted by Crippen LogP contribution is 2.26. The molecule has 1 saturated carbocycles. The molecule has 1 aromatic rings. The smallest absolute Gasteiger partial charge is 0.224 e. The Balaban J connectivity index is 1.86. The highest BCUT2D eigenvalue weighted by atomic mass is 16.1. The zero-order valence-electron chi connectivity index (χ0n) is 14.1. The van der Waals surface area contributed by atoms with Gasteiger partial charge in [0.25, 0.3) is 0 Å². The van der Waals surface area contributed by atoms with Crippen molar-refractivity contribution in [2.24, 2.45) is 5.92 Å². The minimum absolute atomic E-state index is 0.167. The Morgan fingerprint density at radius 1 is 1.18 bits per heavy atom. The first-order valence-electron chi connectivity index (χ1n) is 8.83. The van der Waals surface area contributed by atoms with E-state index in [2.05, 4.69) is 36.6 Å². The van der Waals surface area contributed by atoms with Crippen LogP contribution in [0.5, 0.6) is 0 Å². The van der Waals surface area contributed by atoms with E-state index in [-0.39, 0.29) is 5.91 Å². The van der Waals surface area contributed by atoms with E-state index in [9.17, 15) is 4.79 Å². The molecular weight excluding hydrogens is 272 g/mol. The van der Waals surface area contributed by atoms with E-state index in [1.807, 2.05) is 6.07 Å². The van der Waals surface area contributed by atoms with Gasteiger partial charge < -0.3 is 10.6 Å². The maximum atomic E-state index is 12.2. The van der Waals surface area contributed by atoms with E-state index in [1.54, 1.807) is 0 Å². The quantitative estimate of drug-likeness (QED) is 0.716. The lowest BCUT2D eigenvalue weighted by atomic mass is 9.96. The molecule has 1 fully saturated rings. The summed E-state index contributed by atoms with van der Waals surface area (Å²) in [5, 5.41) is 6.47. The van der Waals surface area contributed by atoms with Gasteiger partial charge in [-0.05, 0) is 55.9 Å². The van der Waals surface area contributed by atoms with Crippen molar-refractivity contribution in [1.82, 2.24) is 0 Å². The molecule has 2 N–H and O–H groups in total. The zero-order chi connectivity index (χ0) is 15.8. The summed E-state index contributed by atoms with van der Waals surface area (Å²) in [4.78, 5) is 12.2. The fraction of sp³-hybridized carbons (Fsp3) is 0.632. The van der Waals surface area contributed by atoms with Crippen LogP contribution in [-0.2, 0) is 4.79 Å². The van der Waals surface area contributed by atoms with E-state index < -0.39 is 0 Å². The van der Waals surface area contributed by atoms with Crippen molar-refractivity contribution in [2.45, 2.75) is 65.2 Å². The summed E-state index contributed by atoms with van der Waals surface area (Å²) in [6, 6.07) is 6.12. The summed E-state index contributed by atoms with van der Waals surface area (Å²) in [6.07, 6.45) is 9.46. The Morgan fingerprint density at radius 2 is 1.91 bits per heavy atom. The number of rotatable bonds is 6. The van der Waals surface area contributed by atoms with E-state index in [4.69, 9.17) is 0 Å². The molecule has 1 amide bonds. The van der Waals surface area contributed by atoms with Crippen LogP contribution in [0.3, 0.4) is 0 Å². The summed E-state index contributed by atoms with van der Waals surface area (Å²) in [5.41, 5.74) is 3.25. The van der Waals surface area contributed by atoms with Crippen molar-refractivity contribution >= 4 is 17.3 Å². The topological polar surface area (TPSA) is 41.1 Å². The summed E-state index contributed by atoms with van der Waals surface area (Å²) in [6.45, 7) is 5.22. The lowest BCUT2D eigenvalue weighted by Crippen LogP contribution is -2.16. The molecule has 0 unspecified atom stereocenters. The highest BCUT2D eigenvalue weighted by molar-refractivity contribution is 5.91. The van der Waals surface area contributed by atoms with Gasteiger partial charge in [0.15, 0.2) is 0 Å². The summed E-state index contributed by atoms with van der Waals surface area (Å²) < 4.78 is 0. The number of anilines is 2. The number of nitrogens with one attached hydrogen (secondary N) is 2. The molecule has 3 nitrogen and oxygen atoms in total. The van der Waals surface area contributed by atoms with Gasteiger partial charge in [-0.2, -0.15) is 0 Å². The fourth-order valence-electron chi connectivity index (χ4n) is 3.24. The molecular formula is C19H30N2O. The largest absolute Gasteiger partial charge is 0.385 e. The minimum Gasteiger partial charge on any atom is -0.385 e. The first kappa shape index (κ1) is 16.9. The van der Waals surface area contributed by atoms with Gasteiger partial charge in [-0.3, -0.25) is 4.79 Å². The van der Waals surface area contributed by atoms with Gasteiger partial charge >= 0.3 is 0 Å². The van der Waals surface area contributed by atoms with Crippen LogP contribution in [0.15, 0.2) is 18.2 Å². The molecule has 1 aromatic carbocycles. The number of hydrogen-bond donors (Lipinski definition) is 2. The van der Waals surface area contributed by atoms with Gasteiger partial charge in [0, 0.05) is 24.3 Å². The zero-order valence-corrected chi connectivity index (χ0v) is 14.1. The van der Waals surface area contributed by atoms with Crippen molar-refractivity contribution in [2.75, 3.05) is 17.2 Å². The Bertz CT molecular complexity index is 476. The lowest BCUT2D eigenvalue weighted by Gasteiger charge is -2.15. The number of amides is 1. The molecule has 0 atom stereocenters. The monoisotopic (exact) mass is 302 g/mol. The summed E-state index contributed by atoms with van der Waals surface area (Å²) in [5.74, 6) is 0.745. The summed E-state index contributed by atoms with van der Waals surface area (Å²) in [7, 11) is 0. The van der Waals surface area contributed by atoms with E-state index in [0.717, 1.165) is 24.3 Å². The Labute approximate surface area is 134 Å². The van der Waals surface area contributed by atoms with E-state index >= 15 is 0 Å². The fourth-order valence-corrected chi connectivity index (χ4v) is 3.24. The van der Waals surface area contributed by atoms with Crippen LogP contribution in [-0.4, -0.2) is 12.5 Å². The van der Waals surface area contributed by atoms with Crippen molar-refractivity contribution in [3.63, 3.8) is 0 Å². The SMILES string of the molecule is CCCNc1ccc(NC(=O)CC2CCCCCC2)cc1C. The number of benzene rings is 1. The van der Waals surface area contributed by atoms with Gasteiger partial charge in [0.2, 0.25) is 5.91 Å². The third-order valence-electron chi connectivity index (χ3n) is 4.52. The number of aryl methyl sites for hydroxylation is 1. The molecule has 0 spiro atoms. The predicted molar refractivity (Wildman–Crippen MR) is 94.4 cm³/mol. The van der Waals surface area contributed by atoms with Crippen molar-refractivity contribution in [3.8, 4) is 0 Å². The molecule has 0 heterocycles. The first-order chi connectivity index (χ1) is 10.7. The number of carbonyl (C=O) groups is 1. The standard InChI is InChI=1S/C19H30N2O/c1-3-12-20-18-11-10-17(13-15(18)2)21-19(22)14-16-8-6-4-5-7-9-16/h10-11,13,16,20H,3-9,12,14H2,1-2H3,(H,21,22). The van der Waals surface area contributed by atoms with Gasteiger partial charge in [0.1, 0.15) is 0 Å². The van der Waals surface area contributed by atoms with E-state index in [1.165, 1.54) is 44.1 Å². The third-order valence-corrected chi connectivity index (χ3v) is 4.52. The first-order valence-corrected chi connectivity index (χ1v) is 8.83. The van der Waals surface area contributed by atoms with Crippen LogP contribution < -0.4 is 10.6 Å². The summed E-state index contributed by atoms with van der Waals surface area (Å²) >= 11 is 0. The Kier molecular flexibility index (Phi) is 6.75. The lowest BCUT2D eigenvalue weighted by molar-refractivity contribution is -0.117. The van der Waals surface area contributed by atoms with Crippen LogP contribution >= 0.6 is 0 Å². The third kappa shape index (κ3) is 5.36. The van der Waals surface area contributed by atoms with Crippen LogP contribution in [0.1, 0.15) is 63.9 Å². The van der Waals surface area contributed by atoms with E-state index in [0.29, 0.717) is 12.3 Å². The molecule has 1 aliphatic carbocycles. The highest BCUT2D eigenvalue weighted by Gasteiger charge is 2.16. The Morgan fingerprint density at radius 3 is 2.55 bits per heavy atom.